The Labute approximate surface area is 186 Å². The Morgan fingerprint density at radius 2 is 1.75 bits per heavy atom. The van der Waals surface area contributed by atoms with E-state index < -0.39 is 15.8 Å². The molecule has 0 amide bonds. The van der Waals surface area contributed by atoms with Gasteiger partial charge >= 0.3 is 5.97 Å². The Hall–Kier alpha value is -3.65. The lowest BCUT2D eigenvalue weighted by molar-refractivity contribution is 0.0697. The smallest absolute Gasteiger partial charge is 0.335 e. The number of carboxylic acids is 1. The van der Waals surface area contributed by atoms with Crippen LogP contribution in [0.2, 0.25) is 0 Å². The largest absolute Gasteiger partial charge is 0.497 e. The molecule has 1 aliphatic heterocycles. The lowest BCUT2D eigenvalue weighted by atomic mass is 9.98. The van der Waals surface area contributed by atoms with E-state index in [9.17, 15) is 18.3 Å². The predicted molar refractivity (Wildman–Crippen MR) is 122 cm³/mol. The number of hydrogen-bond donors (Lipinski definition) is 1. The summed E-state index contributed by atoms with van der Waals surface area (Å²) < 4.78 is 28.9. The van der Waals surface area contributed by atoms with E-state index in [-0.39, 0.29) is 16.5 Å². The van der Waals surface area contributed by atoms with Gasteiger partial charge in [-0.1, -0.05) is 24.3 Å². The van der Waals surface area contributed by atoms with Gasteiger partial charge in [0.2, 0.25) is 0 Å². The van der Waals surface area contributed by atoms with Crippen molar-refractivity contribution in [1.29, 1.82) is 0 Å². The van der Waals surface area contributed by atoms with Crippen LogP contribution in [-0.4, -0.2) is 38.6 Å². The summed E-state index contributed by atoms with van der Waals surface area (Å²) in [5.74, 6) is -0.257. The number of carboxylic acid groups (broad SMARTS) is 1. The van der Waals surface area contributed by atoms with Gasteiger partial charge in [-0.15, -0.1) is 0 Å². The lowest BCUT2D eigenvalue weighted by Gasteiger charge is -2.24. The number of ether oxygens (including phenoxy) is 1. The van der Waals surface area contributed by atoms with E-state index in [1.807, 2.05) is 29.3 Å². The molecule has 0 fully saturated rings. The third-order valence-electron chi connectivity index (χ3n) is 5.38. The average Bonchev–Trinajstić information content (AvgIpc) is 3.24. The molecule has 1 atom stereocenters. The second-order valence-corrected chi connectivity index (χ2v) is 9.55. The third-order valence-corrected chi connectivity index (χ3v) is 6.51. The van der Waals surface area contributed by atoms with Crippen LogP contribution in [0.1, 0.15) is 33.9 Å². The number of hydrazone groups is 1. The summed E-state index contributed by atoms with van der Waals surface area (Å²) in [4.78, 5) is 11.5. The molecule has 0 aliphatic carbocycles. The van der Waals surface area contributed by atoms with E-state index in [0.717, 1.165) is 28.3 Å². The number of anilines is 1. The maximum Gasteiger partial charge on any atom is 0.335 e. The highest BCUT2D eigenvalue weighted by molar-refractivity contribution is 7.90. The second kappa shape index (κ2) is 8.47. The van der Waals surface area contributed by atoms with Gasteiger partial charge in [-0.2, -0.15) is 5.10 Å². The summed E-state index contributed by atoms with van der Waals surface area (Å²) in [6.07, 6.45) is 1.77. The molecule has 3 aromatic rings. The Morgan fingerprint density at radius 3 is 2.34 bits per heavy atom. The van der Waals surface area contributed by atoms with Crippen molar-refractivity contribution in [3.63, 3.8) is 0 Å². The van der Waals surface area contributed by atoms with Gasteiger partial charge in [-0.3, -0.25) is 5.01 Å². The van der Waals surface area contributed by atoms with Crippen LogP contribution in [0.3, 0.4) is 0 Å². The molecule has 3 aromatic carbocycles. The van der Waals surface area contributed by atoms with E-state index >= 15 is 0 Å². The molecule has 1 aliphatic rings. The number of hydrogen-bond acceptors (Lipinski definition) is 6. The van der Waals surface area contributed by atoms with Gasteiger partial charge in [0.25, 0.3) is 0 Å². The molecule has 0 saturated carbocycles. The number of rotatable bonds is 6. The van der Waals surface area contributed by atoms with Crippen molar-refractivity contribution in [3.05, 3.63) is 89.5 Å². The van der Waals surface area contributed by atoms with E-state index in [1.54, 1.807) is 55.6 Å². The molecule has 1 unspecified atom stereocenters. The number of sulfone groups is 1. The zero-order chi connectivity index (χ0) is 22.9. The monoisotopic (exact) mass is 450 g/mol. The van der Waals surface area contributed by atoms with Gasteiger partial charge in [0, 0.05) is 12.7 Å². The van der Waals surface area contributed by atoms with Crippen LogP contribution in [0.4, 0.5) is 5.69 Å². The first-order chi connectivity index (χ1) is 15.3. The fraction of sp³-hybridized carbons (Fsp3) is 0.167. The Bertz CT molecular complexity index is 1280. The minimum Gasteiger partial charge on any atom is -0.497 e. The molecule has 8 heteroatoms. The zero-order valence-electron chi connectivity index (χ0n) is 17.6. The van der Waals surface area contributed by atoms with Crippen LogP contribution in [0.25, 0.3) is 0 Å². The molecule has 0 spiro atoms. The SMILES string of the molecule is COc1cccc(C2CC(c3ccc(S(C)(=O)=O)cc3)=NN2c2ccc(C(=O)O)cc2)c1. The maximum absolute atomic E-state index is 11.8. The van der Waals surface area contributed by atoms with Crippen LogP contribution in [-0.2, 0) is 9.84 Å². The summed E-state index contributed by atoms with van der Waals surface area (Å²) in [7, 11) is -1.67. The number of carbonyl (C=O) groups is 1. The van der Waals surface area contributed by atoms with Crippen molar-refractivity contribution in [2.24, 2.45) is 5.10 Å². The van der Waals surface area contributed by atoms with E-state index in [1.165, 1.54) is 6.26 Å². The average molecular weight is 451 g/mol. The molecule has 1 heterocycles. The summed E-state index contributed by atoms with van der Waals surface area (Å²) in [5.41, 5.74) is 3.59. The van der Waals surface area contributed by atoms with Crippen LogP contribution < -0.4 is 9.75 Å². The third kappa shape index (κ3) is 4.36. The summed E-state index contributed by atoms with van der Waals surface area (Å²) in [6, 6.07) is 20.8. The van der Waals surface area contributed by atoms with Crippen LogP contribution in [0.5, 0.6) is 5.75 Å². The quantitative estimate of drug-likeness (QED) is 0.606. The van der Waals surface area contributed by atoms with Crippen molar-refractivity contribution in [2.75, 3.05) is 18.4 Å². The topological polar surface area (TPSA) is 96.3 Å². The fourth-order valence-electron chi connectivity index (χ4n) is 3.68. The maximum atomic E-state index is 11.8. The van der Waals surface area contributed by atoms with Crippen molar-refractivity contribution >= 4 is 27.2 Å². The fourth-order valence-corrected chi connectivity index (χ4v) is 4.31. The Balaban J connectivity index is 1.74. The van der Waals surface area contributed by atoms with Gasteiger partial charge in [0.1, 0.15) is 5.75 Å². The summed E-state index contributed by atoms with van der Waals surface area (Å²) >= 11 is 0. The van der Waals surface area contributed by atoms with E-state index in [4.69, 9.17) is 9.84 Å². The standard InChI is InChI=1S/C24H22N2O5S/c1-31-20-5-3-4-18(14-20)23-15-22(16-8-12-21(13-9-16)32(2,29)30)25-26(23)19-10-6-17(7-11-19)24(27)28/h3-14,23H,15H2,1-2H3,(H,27,28). The van der Waals surface area contributed by atoms with E-state index in [2.05, 4.69) is 0 Å². The first kappa shape index (κ1) is 21.6. The Morgan fingerprint density at radius 1 is 1.06 bits per heavy atom. The minimum atomic E-state index is -3.28. The molecular weight excluding hydrogens is 428 g/mol. The van der Waals surface area contributed by atoms with Gasteiger partial charge < -0.3 is 9.84 Å². The molecule has 4 rings (SSSR count). The molecule has 164 valence electrons. The molecule has 7 nitrogen and oxygen atoms in total. The van der Waals surface area contributed by atoms with Crippen LogP contribution >= 0.6 is 0 Å². The van der Waals surface area contributed by atoms with Crippen molar-refractivity contribution < 1.29 is 23.1 Å². The number of methoxy groups -OCH3 is 1. The van der Waals surface area contributed by atoms with Crippen LogP contribution in [0.15, 0.2) is 82.8 Å². The molecular formula is C24H22N2O5S. The van der Waals surface area contributed by atoms with Gasteiger partial charge in [0.15, 0.2) is 9.84 Å². The highest BCUT2D eigenvalue weighted by Crippen LogP contribution is 2.37. The van der Waals surface area contributed by atoms with Crippen molar-refractivity contribution in [2.45, 2.75) is 17.4 Å². The molecule has 0 aromatic heterocycles. The lowest BCUT2D eigenvalue weighted by Crippen LogP contribution is -2.18. The summed E-state index contributed by atoms with van der Waals surface area (Å²) in [5, 5.41) is 15.9. The molecule has 32 heavy (non-hydrogen) atoms. The summed E-state index contributed by atoms with van der Waals surface area (Å²) in [6.45, 7) is 0. The number of benzene rings is 3. The van der Waals surface area contributed by atoms with Crippen molar-refractivity contribution in [1.82, 2.24) is 0 Å². The molecule has 0 radical (unpaired) electrons. The second-order valence-electron chi connectivity index (χ2n) is 7.54. The highest BCUT2D eigenvalue weighted by atomic mass is 32.2. The predicted octanol–water partition coefficient (Wildman–Crippen LogP) is 4.15. The van der Waals surface area contributed by atoms with Gasteiger partial charge in [-0.25, -0.2) is 13.2 Å². The molecule has 0 saturated heterocycles. The minimum absolute atomic E-state index is 0.134. The van der Waals surface area contributed by atoms with Crippen LogP contribution in [0, 0.1) is 0 Å². The Kier molecular flexibility index (Phi) is 5.71. The first-order valence-electron chi connectivity index (χ1n) is 9.91. The molecule has 0 bridgehead atoms. The van der Waals surface area contributed by atoms with Gasteiger partial charge in [-0.05, 0) is 59.7 Å². The first-order valence-corrected chi connectivity index (χ1v) is 11.8. The number of aromatic carboxylic acids is 1. The van der Waals surface area contributed by atoms with E-state index in [0.29, 0.717) is 6.42 Å². The molecule has 1 N–H and O–H groups in total. The zero-order valence-corrected chi connectivity index (χ0v) is 18.4. The highest BCUT2D eigenvalue weighted by Gasteiger charge is 2.30. The normalized spacial score (nSPS) is 16.0. The van der Waals surface area contributed by atoms with Crippen molar-refractivity contribution in [3.8, 4) is 5.75 Å². The number of nitrogens with zero attached hydrogens (tertiary/aromatic N) is 2. The van der Waals surface area contributed by atoms with Gasteiger partial charge in [0.05, 0.1) is 35.0 Å².